The van der Waals surface area contributed by atoms with Gasteiger partial charge in [-0.05, 0) is 82.9 Å². The maximum absolute atomic E-state index is 5.18. The van der Waals surface area contributed by atoms with Crippen LogP contribution in [0.2, 0.25) is 0 Å². The molecule has 1 aliphatic heterocycles. The summed E-state index contributed by atoms with van der Waals surface area (Å²) in [6.45, 7) is 0. The molecule has 0 radical (unpaired) electrons. The van der Waals surface area contributed by atoms with Gasteiger partial charge in [-0.25, -0.2) is 15.0 Å². The van der Waals surface area contributed by atoms with E-state index in [4.69, 9.17) is 15.0 Å². The minimum absolute atomic E-state index is 0.637. The Morgan fingerprint density at radius 1 is 0.274 bits per heavy atom. The Bertz CT molecular complexity index is 3680. The molecule has 288 valence electrons. The van der Waals surface area contributed by atoms with Gasteiger partial charge in [0, 0.05) is 55.0 Å². The van der Waals surface area contributed by atoms with Crippen molar-refractivity contribution in [2.75, 3.05) is 0 Å². The molecular formula is C57H35N5. The number of nitrogens with zero attached hydrogens (tertiary/aromatic N) is 5. The summed E-state index contributed by atoms with van der Waals surface area (Å²) in [5.41, 5.74) is 16.9. The molecule has 4 heterocycles. The summed E-state index contributed by atoms with van der Waals surface area (Å²) in [6, 6.07) is 75.8. The van der Waals surface area contributed by atoms with Crippen LogP contribution in [0.25, 0.3) is 123 Å². The zero-order valence-corrected chi connectivity index (χ0v) is 33.4. The second-order valence-electron chi connectivity index (χ2n) is 16.0. The van der Waals surface area contributed by atoms with Gasteiger partial charge in [-0.2, -0.15) is 0 Å². The first-order valence-corrected chi connectivity index (χ1v) is 21.0. The number of rotatable bonds is 5. The molecule has 9 aromatic carbocycles. The van der Waals surface area contributed by atoms with Gasteiger partial charge < -0.3 is 9.13 Å². The highest BCUT2D eigenvalue weighted by molar-refractivity contribution is 6.18. The second-order valence-corrected chi connectivity index (χ2v) is 16.0. The van der Waals surface area contributed by atoms with Crippen LogP contribution in [0.3, 0.4) is 0 Å². The Hall–Kier alpha value is -8.41. The summed E-state index contributed by atoms with van der Waals surface area (Å²) < 4.78 is 4.84. The van der Waals surface area contributed by atoms with E-state index < -0.39 is 0 Å². The quantitative estimate of drug-likeness (QED) is 0.174. The topological polar surface area (TPSA) is 48.5 Å². The van der Waals surface area contributed by atoms with Crippen molar-refractivity contribution < 1.29 is 0 Å². The van der Waals surface area contributed by atoms with E-state index in [1.807, 2.05) is 36.4 Å². The van der Waals surface area contributed by atoms with Crippen molar-refractivity contribution in [3.8, 4) is 78.9 Å². The summed E-state index contributed by atoms with van der Waals surface area (Å²) in [4.78, 5) is 15.4. The van der Waals surface area contributed by atoms with E-state index in [1.165, 1.54) is 60.5 Å². The van der Waals surface area contributed by atoms with Gasteiger partial charge in [0.05, 0.1) is 27.8 Å². The van der Waals surface area contributed by atoms with Gasteiger partial charge in [0.2, 0.25) is 0 Å². The lowest BCUT2D eigenvalue weighted by atomic mass is 9.91. The molecule has 0 unspecified atom stereocenters. The fourth-order valence-corrected chi connectivity index (χ4v) is 9.71. The molecular weight excluding hydrogens is 755 g/mol. The molecule has 13 rings (SSSR count). The maximum Gasteiger partial charge on any atom is 0.164 e. The molecule has 0 bridgehead atoms. The minimum atomic E-state index is 0.637. The molecule has 0 saturated carbocycles. The van der Waals surface area contributed by atoms with Crippen molar-refractivity contribution in [1.29, 1.82) is 0 Å². The Kier molecular flexibility index (Phi) is 7.54. The van der Waals surface area contributed by atoms with Crippen LogP contribution in [0.15, 0.2) is 212 Å². The Morgan fingerprint density at radius 3 is 1.42 bits per heavy atom. The summed E-state index contributed by atoms with van der Waals surface area (Å²) in [5, 5.41) is 4.81. The average molecular weight is 790 g/mol. The van der Waals surface area contributed by atoms with Crippen LogP contribution in [0.1, 0.15) is 0 Å². The molecule has 1 aliphatic rings. The van der Waals surface area contributed by atoms with Gasteiger partial charge in [-0.1, -0.05) is 152 Å². The molecule has 5 nitrogen and oxygen atoms in total. The van der Waals surface area contributed by atoms with Gasteiger partial charge >= 0.3 is 0 Å². The second kappa shape index (κ2) is 13.6. The Morgan fingerprint density at radius 2 is 0.742 bits per heavy atom. The van der Waals surface area contributed by atoms with E-state index in [-0.39, 0.29) is 0 Å². The average Bonchev–Trinajstić information content (AvgIpc) is 3.82. The first kappa shape index (κ1) is 34.5. The maximum atomic E-state index is 5.18. The first-order chi connectivity index (χ1) is 30.7. The highest BCUT2D eigenvalue weighted by Crippen LogP contribution is 2.49. The molecule has 0 N–H and O–H groups in total. The fourth-order valence-electron chi connectivity index (χ4n) is 9.71. The van der Waals surface area contributed by atoms with Crippen molar-refractivity contribution in [1.82, 2.24) is 24.1 Å². The minimum Gasteiger partial charge on any atom is -0.309 e. The molecule has 0 saturated heterocycles. The van der Waals surface area contributed by atoms with Crippen LogP contribution in [0.5, 0.6) is 0 Å². The van der Waals surface area contributed by atoms with Crippen LogP contribution < -0.4 is 0 Å². The summed E-state index contributed by atoms with van der Waals surface area (Å²) >= 11 is 0. The van der Waals surface area contributed by atoms with Crippen molar-refractivity contribution >= 4 is 43.6 Å². The summed E-state index contributed by atoms with van der Waals surface area (Å²) in [6.07, 6.45) is 0. The predicted molar refractivity (Wildman–Crippen MR) is 255 cm³/mol. The van der Waals surface area contributed by atoms with Gasteiger partial charge in [0.15, 0.2) is 17.5 Å². The lowest BCUT2D eigenvalue weighted by Crippen LogP contribution is -2.00. The van der Waals surface area contributed by atoms with E-state index in [9.17, 15) is 0 Å². The Labute approximate surface area is 357 Å². The standard InChI is InChI=1S/C57H35N5/c1-4-16-36(17-5-1)55-58-56(37-18-6-2-7-19-37)60-57(59-55)40-34-48-43-23-11-10-22-42(43)46-32-38(29-31-53(46)62-51-27-15-13-25-45(51)49(35-40)54(48)62)39-28-30-52-47(33-39)44-24-12-14-26-50(44)61(52)41-20-8-3-9-21-41/h1-35H. The number of fused-ring (bicyclic) bond motifs is 11. The van der Waals surface area contributed by atoms with Gasteiger partial charge in [-0.3, -0.25) is 0 Å². The summed E-state index contributed by atoms with van der Waals surface area (Å²) in [7, 11) is 0. The van der Waals surface area contributed by atoms with Crippen molar-refractivity contribution in [3.05, 3.63) is 212 Å². The van der Waals surface area contributed by atoms with Gasteiger partial charge in [-0.15, -0.1) is 0 Å². The van der Waals surface area contributed by atoms with Crippen LogP contribution in [-0.4, -0.2) is 24.1 Å². The molecule has 12 aromatic rings. The van der Waals surface area contributed by atoms with Crippen molar-refractivity contribution in [3.63, 3.8) is 0 Å². The normalized spacial score (nSPS) is 11.9. The first-order valence-electron chi connectivity index (χ1n) is 21.0. The summed E-state index contributed by atoms with van der Waals surface area (Å²) in [5.74, 6) is 1.93. The molecule has 0 amide bonds. The third kappa shape index (κ3) is 5.25. The van der Waals surface area contributed by atoms with Crippen LogP contribution >= 0.6 is 0 Å². The van der Waals surface area contributed by atoms with Crippen molar-refractivity contribution in [2.24, 2.45) is 0 Å². The highest BCUT2D eigenvalue weighted by Gasteiger charge is 2.27. The zero-order valence-electron chi connectivity index (χ0n) is 33.4. The van der Waals surface area contributed by atoms with Crippen LogP contribution in [-0.2, 0) is 0 Å². The molecule has 5 heteroatoms. The van der Waals surface area contributed by atoms with E-state index in [1.54, 1.807) is 0 Å². The number of hydrogen-bond donors (Lipinski definition) is 0. The van der Waals surface area contributed by atoms with Crippen LogP contribution in [0, 0.1) is 0 Å². The molecule has 62 heavy (non-hydrogen) atoms. The van der Waals surface area contributed by atoms with Crippen LogP contribution in [0.4, 0.5) is 0 Å². The largest absolute Gasteiger partial charge is 0.309 e. The zero-order chi connectivity index (χ0) is 40.7. The van der Waals surface area contributed by atoms with E-state index in [0.29, 0.717) is 17.5 Å². The number of aromatic nitrogens is 5. The molecule has 0 fully saturated rings. The lowest BCUT2D eigenvalue weighted by molar-refractivity contribution is 1.07. The predicted octanol–water partition coefficient (Wildman–Crippen LogP) is 14.4. The number of hydrogen-bond acceptors (Lipinski definition) is 3. The Balaban J connectivity index is 1.03. The SMILES string of the molecule is c1ccc(-c2nc(-c3ccccc3)nc(-c3cc4c5c(c3)c3ccccc3n5-c3ccc(-c5ccc6c(c5)c5ccccc5n6-c5ccccc5)cc3-c3ccccc3-4)n2)cc1. The highest BCUT2D eigenvalue weighted by atomic mass is 15.0. The number of benzene rings is 9. The molecule has 0 atom stereocenters. The fraction of sp³-hybridized carbons (Fsp3) is 0. The monoisotopic (exact) mass is 789 g/mol. The van der Waals surface area contributed by atoms with Gasteiger partial charge in [0.1, 0.15) is 0 Å². The molecule has 3 aromatic heterocycles. The van der Waals surface area contributed by atoms with Crippen molar-refractivity contribution in [2.45, 2.75) is 0 Å². The van der Waals surface area contributed by atoms with E-state index in [0.717, 1.165) is 44.5 Å². The smallest absolute Gasteiger partial charge is 0.164 e. The van der Waals surface area contributed by atoms with E-state index in [2.05, 4.69) is 185 Å². The van der Waals surface area contributed by atoms with E-state index >= 15 is 0 Å². The lowest BCUT2D eigenvalue weighted by Gasteiger charge is -2.15. The molecule has 0 aliphatic carbocycles. The third-order valence-corrected chi connectivity index (χ3v) is 12.5. The molecule has 0 spiro atoms. The third-order valence-electron chi connectivity index (χ3n) is 12.5. The number of para-hydroxylation sites is 3. The van der Waals surface area contributed by atoms with Gasteiger partial charge in [0.25, 0.3) is 0 Å².